The molecule has 4 rings (SSSR count). The average molecular weight is 430 g/mol. The fraction of sp³-hybridized carbons (Fsp3) is 0.0455. The van der Waals surface area contributed by atoms with E-state index in [9.17, 15) is 17.2 Å². The van der Waals surface area contributed by atoms with Crippen LogP contribution in [0.15, 0.2) is 76.7 Å². The van der Waals surface area contributed by atoms with Gasteiger partial charge in [0.1, 0.15) is 11.6 Å². The van der Waals surface area contributed by atoms with Gasteiger partial charge in [-0.15, -0.1) is 0 Å². The molecule has 0 aliphatic carbocycles. The normalized spacial score (nSPS) is 11.7. The van der Waals surface area contributed by atoms with E-state index in [0.29, 0.717) is 32.6 Å². The molecule has 3 aromatic carbocycles. The van der Waals surface area contributed by atoms with Gasteiger partial charge >= 0.3 is 0 Å². The summed E-state index contributed by atoms with van der Waals surface area (Å²) < 4.78 is 54.5. The van der Waals surface area contributed by atoms with Gasteiger partial charge in [-0.1, -0.05) is 29.8 Å². The number of hydrogen-bond acceptors (Lipinski definition) is 3. The Bertz CT molecular complexity index is 1370. The molecule has 1 heterocycles. The van der Waals surface area contributed by atoms with Crippen LogP contribution in [-0.4, -0.2) is 13.4 Å². The molecule has 29 heavy (non-hydrogen) atoms. The van der Waals surface area contributed by atoms with Gasteiger partial charge in [-0.3, -0.25) is 4.98 Å². The molecule has 0 saturated carbocycles. The van der Waals surface area contributed by atoms with E-state index in [0.717, 1.165) is 6.07 Å². The third-order valence-electron chi connectivity index (χ3n) is 4.65. The lowest BCUT2D eigenvalue weighted by Crippen LogP contribution is -2.06. The molecule has 0 unspecified atom stereocenters. The Morgan fingerprint density at radius 3 is 2.48 bits per heavy atom. The van der Waals surface area contributed by atoms with Crippen LogP contribution in [-0.2, 0) is 9.84 Å². The SMILES string of the molecule is Cc1ccc(S(=O)(=O)c2cnc3cc(F)ccc3c2-c2cccc(Cl)c2)cc1F. The maximum atomic E-state index is 14.1. The predicted octanol–water partition coefficient (Wildman–Crippen LogP) is 5.97. The first kappa shape index (κ1) is 19.5. The van der Waals surface area contributed by atoms with Crippen LogP contribution in [0.4, 0.5) is 8.78 Å². The van der Waals surface area contributed by atoms with Crippen molar-refractivity contribution in [2.75, 3.05) is 0 Å². The lowest BCUT2D eigenvalue weighted by atomic mass is 10.0. The van der Waals surface area contributed by atoms with Crippen LogP contribution in [0.25, 0.3) is 22.0 Å². The Labute approximate surface area is 171 Å². The summed E-state index contributed by atoms with van der Waals surface area (Å²) >= 11 is 6.12. The van der Waals surface area contributed by atoms with Crippen molar-refractivity contribution in [3.05, 3.63) is 89.1 Å². The van der Waals surface area contributed by atoms with Gasteiger partial charge in [0.05, 0.1) is 15.3 Å². The monoisotopic (exact) mass is 429 g/mol. The minimum Gasteiger partial charge on any atom is -0.255 e. The molecule has 3 nitrogen and oxygen atoms in total. The summed E-state index contributed by atoms with van der Waals surface area (Å²) in [5.74, 6) is -1.11. The molecular formula is C22H14ClF2NO2S. The van der Waals surface area contributed by atoms with Crippen molar-refractivity contribution in [2.24, 2.45) is 0 Å². The van der Waals surface area contributed by atoms with Crippen LogP contribution in [0, 0.1) is 18.6 Å². The van der Waals surface area contributed by atoms with Crippen molar-refractivity contribution in [2.45, 2.75) is 16.7 Å². The van der Waals surface area contributed by atoms with Crippen LogP contribution in [0.2, 0.25) is 5.02 Å². The van der Waals surface area contributed by atoms with Gasteiger partial charge in [0, 0.05) is 28.2 Å². The van der Waals surface area contributed by atoms with E-state index in [4.69, 9.17) is 11.6 Å². The molecule has 0 spiro atoms. The first-order chi connectivity index (χ1) is 13.8. The Kier molecular flexibility index (Phi) is 4.84. The van der Waals surface area contributed by atoms with Gasteiger partial charge in [0.2, 0.25) is 9.84 Å². The van der Waals surface area contributed by atoms with E-state index < -0.39 is 21.5 Å². The second-order valence-electron chi connectivity index (χ2n) is 6.58. The fourth-order valence-corrected chi connectivity index (χ4v) is 4.80. The second-order valence-corrected chi connectivity index (χ2v) is 8.94. The molecule has 0 N–H and O–H groups in total. The van der Waals surface area contributed by atoms with E-state index in [2.05, 4.69) is 4.98 Å². The minimum absolute atomic E-state index is 0.109. The van der Waals surface area contributed by atoms with Gasteiger partial charge in [0.15, 0.2) is 0 Å². The van der Waals surface area contributed by atoms with Crippen molar-refractivity contribution in [3.63, 3.8) is 0 Å². The number of pyridine rings is 1. The first-order valence-corrected chi connectivity index (χ1v) is 10.5. The standard InChI is InChI=1S/C22H14ClF2NO2S/c1-13-5-7-17(11-19(13)25)29(27,28)21-12-26-20-10-16(24)6-8-18(20)22(21)14-3-2-4-15(23)9-14/h2-12H,1H3. The molecule has 1 aromatic heterocycles. The van der Waals surface area contributed by atoms with Gasteiger partial charge in [-0.05, 0) is 54.4 Å². The second kappa shape index (κ2) is 7.21. The molecule has 0 atom stereocenters. The number of fused-ring (bicyclic) bond motifs is 1. The molecule has 4 aromatic rings. The summed E-state index contributed by atoms with van der Waals surface area (Å²) in [6.45, 7) is 1.55. The maximum Gasteiger partial charge on any atom is 0.208 e. The molecule has 146 valence electrons. The molecule has 0 bridgehead atoms. The number of hydrogen-bond donors (Lipinski definition) is 0. The number of sulfone groups is 1. The van der Waals surface area contributed by atoms with E-state index in [1.165, 1.54) is 36.5 Å². The highest BCUT2D eigenvalue weighted by molar-refractivity contribution is 7.91. The van der Waals surface area contributed by atoms with Crippen molar-refractivity contribution in [1.29, 1.82) is 0 Å². The van der Waals surface area contributed by atoms with Crippen LogP contribution >= 0.6 is 11.6 Å². The summed E-state index contributed by atoms with van der Waals surface area (Å²) in [4.78, 5) is 3.84. The molecule has 0 radical (unpaired) electrons. The number of aryl methyl sites for hydroxylation is 1. The molecule has 0 aliphatic heterocycles. The van der Waals surface area contributed by atoms with Gasteiger partial charge < -0.3 is 0 Å². The lowest BCUT2D eigenvalue weighted by molar-refractivity contribution is 0.589. The Morgan fingerprint density at radius 2 is 1.76 bits per heavy atom. The van der Waals surface area contributed by atoms with E-state index in [1.54, 1.807) is 31.2 Å². The zero-order chi connectivity index (χ0) is 20.8. The van der Waals surface area contributed by atoms with Crippen LogP contribution in [0.1, 0.15) is 5.56 Å². The highest BCUT2D eigenvalue weighted by Gasteiger charge is 2.25. The summed E-state index contributed by atoms with van der Waals surface area (Å²) in [5, 5.41) is 0.863. The van der Waals surface area contributed by atoms with E-state index >= 15 is 0 Å². The minimum atomic E-state index is -4.11. The van der Waals surface area contributed by atoms with Crippen LogP contribution < -0.4 is 0 Å². The Balaban J connectivity index is 2.08. The molecule has 0 saturated heterocycles. The summed E-state index contributed by atoms with van der Waals surface area (Å²) in [5.41, 5.74) is 1.50. The van der Waals surface area contributed by atoms with Gasteiger partial charge in [0.25, 0.3) is 0 Å². The van der Waals surface area contributed by atoms with Crippen LogP contribution in [0.3, 0.4) is 0 Å². The Morgan fingerprint density at radius 1 is 0.966 bits per heavy atom. The fourth-order valence-electron chi connectivity index (χ4n) is 3.16. The zero-order valence-corrected chi connectivity index (χ0v) is 16.7. The molecule has 0 amide bonds. The average Bonchev–Trinajstić information content (AvgIpc) is 2.68. The summed E-state index contributed by atoms with van der Waals surface area (Å²) in [7, 11) is -4.11. The summed E-state index contributed by atoms with van der Waals surface area (Å²) in [6, 6.07) is 14.4. The number of nitrogens with zero attached hydrogens (tertiary/aromatic N) is 1. The third kappa shape index (κ3) is 3.50. The first-order valence-electron chi connectivity index (χ1n) is 8.63. The highest BCUT2D eigenvalue weighted by Crippen LogP contribution is 2.37. The smallest absolute Gasteiger partial charge is 0.208 e. The Hall–Kier alpha value is -2.83. The van der Waals surface area contributed by atoms with E-state index in [-0.39, 0.29) is 9.79 Å². The third-order valence-corrected chi connectivity index (χ3v) is 6.65. The van der Waals surface area contributed by atoms with Gasteiger partial charge in [-0.25, -0.2) is 17.2 Å². The number of benzene rings is 3. The van der Waals surface area contributed by atoms with E-state index in [1.807, 2.05) is 0 Å². The maximum absolute atomic E-state index is 14.1. The largest absolute Gasteiger partial charge is 0.255 e. The van der Waals surface area contributed by atoms with Gasteiger partial charge in [-0.2, -0.15) is 0 Å². The lowest BCUT2D eigenvalue weighted by Gasteiger charge is -2.14. The van der Waals surface area contributed by atoms with Crippen molar-refractivity contribution < 1.29 is 17.2 Å². The highest BCUT2D eigenvalue weighted by atomic mass is 35.5. The summed E-state index contributed by atoms with van der Waals surface area (Å²) in [6.07, 6.45) is 1.17. The van der Waals surface area contributed by atoms with Crippen molar-refractivity contribution in [3.8, 4) is 11.1 Å². The number of aromatic nitrogens is 1. The zero-order valence-electron chi connectivity index (χ0n) is 15.2. The molecule has 7 heteroatoms. The van der Waals surface area contributed by atoms with Crippen molar-refractivity contribution >= 4 is 32.3 Å². The van der Waals surface area contributed by atoms with Crippen molar-refractivity contribution in [1.82, 2.24) is 4.98 Å². The quantitative estimate of drug-likeness (QED) is 0.402. The molecular weight excluding hydrogens is 416 g/mol. The number of rotatable bonds is 3. The molecule has 0 fully saturated rings. The molecule has 0 aliphatic rings. The topological polar surface area (TPSA) is 47.0 Å². The van der Waals surface area contributed by atoms with Crippen LogP contribution in [0.5, 0.6) is 0 Å². The predicted molar refractivity (Wildman–Crippen MR) is 109 cm³/mol. The number of halogens is 3.